The molecule has 0 aromatic heterocycles. The molecule has 2 atom stereocenters. The van der Waals surface area contributed by atoms with E-state index in [0.29, 0.717) is 12.1 Å². The number of benzene rings is 1. The molecule has 0 spiro atoms. The second kappa shape index (κ2) is 4.42. The third-order valence-corrected chi connectivity index (χ3v) is 2.00. The summed E-state index contributed by atoms with van der Waals surface area (Å²) in [5.41, 5.74) is 4.45. The van der Waals surface area contributed by atoms with Crippen LogP contribution in [-0.2, 0) is 4.79 Å². The number of phenolic OH excluding ortho intramolecular Hbond substituents is 1. The Morgan fingerprint density at radius 3 is 2.44 bits per heavy atom. The number of aliphatic hydroxyl groups excluding tert-OH is 1. The molecule has 0 heterocycles. The fourth-order valence-electron chi connectivity index (χ4n) is 1.14. The van der Waals surface area contributed by atoms with Gasteiger partial charge in [0.1, 0.15) is 18.0 Å². The van der Waals surface area contributed by atoms with Gasteiger partial charge in [-0.1, -0.05) is 0 Å². The van der Waals surface area contributed by atoms with Crippen molar-refractivity contribution >= 4 is 5.97 Å². The van der Waals surface area contributed by atoms with E-state index in [2.05, 4.69) is 0 Å². The third kappa shape index (κ3) is 2.26. The zero-order chi connectivity index (χ0) is 12.5. The molecule has 0 aliphatic rings. The van der Waals surface area contributed by atoms with Crippen LogP contribution < -0.4 is 5.73 Å². The summed E-state index contributed by atoms with van der Waals surface area (Å²) in [6.07, 6.45) is -1.90. The quantitative estimate of drug-likeness (QED) is 0.593. The molecule has 0 aliphatic carbocycles. The van der Waals surface area contributed by atoms with Crippen LogP contribution in [0.1, 0.15) is 11.7 Å². The minimum absolute atomic E-state index is 0.401. The highest BCUT2D eigenvalue weighted by atomic mass is 19.1. The molecular formula is C9H9F2NO4. The Morgan fingerprint density at radius 1 is 1.38 bits per heavy atom. The van der Waals surface area contributed by atoms with Crippen LogP contribution in [0.5, 0.6) is 5.75 Å². The van der Waals surface area contributed by atoms with Crippen molar-refractivity contribution in [2.45, 2.75) is 12.1 Å². The molecule has 0 fully saturated rings. The minimum atomic E-state index is -1.90. The van der Waals surface area contributed by atoms with E-state index in [1.54, 1.807) is 0 Å². The summed E-state index contributed by atoms with van der Waals surface area (Å²) >= 11 is 0. The number of aliphatic hydroxyl groups is 1. The van der Waals surface area contributed by atoms with Gasteiger partial charge in [0.25, 0.3) is 0 Å². The van der Waals surface area contributed by atoms with Gasteiger partial charge in [-0.15, -0.1) is 0 Å². The summed E-state index contributed by atoms with van der Waals surface area (Å²) < 4.78 is 25.7. The average molecular weight is 233 g/mol. The number of aromatic hydroxyl groups is 1. The summed E-state index contributed by atoms with van der Waals surface area (Å²) in [4.78, 5) is 10.4. The van der Waals surface area contributed by atoms with Gasteiger partial charge in [-0.2, -0.15) is 0 Å². The van der Waals surface area contributed by atoms with E-state index in [1.165, 1.54) is 0 Å². The molecule has 0 saturated heterocycles. The first-order chi connectivity index (χ1) is 7.34. The number of hydrogen-bond donors (Lipinski definition) is 4. The number of rotatable bonds is 3. The Labute approximate surface area is 88.7 Å². The van der Waals surface area contributed by atoms with Crippen LogP contribution in [0.25, 0.3) is 0 Å². The molecule has 7 heteroatoms. The number of carboxylic acid groups (broad SMARTS) is 1. The second-order valence-corrected chi connectivity index (χ2v) is 3.13. The monoisotopic (exact) mass is 233 g/mol. The van der Waals surface area contributed by atoms with Crippen molar-refractivity contribution in [3.8, 4) is 5.75 Å². The Balaban J connectivity index is 3.17. The number of carboxylic acids is 1. The van der Waals surface area contributed by atoms with Gasteiger partial charge in [0, 0.05) is 11.6 Å². The van der Waals surface area contributed by atoms with Crippen molar-refractivity contribution in [1.82, 2.24) is 0 Å². The molecular weight excluding hydrogens is 224 g/mol. The smallest absolute Gasteiger partial charge is 0.323 e. The number of hydrogen-bond acceptors (Lipinski definition) is 4. The lowest BCUT2D eigenvalue weighted by Crippen LogP contribution is -2.36. The summed E-state index contributed by atoms with van der Waals surface area (Å²) in [6, 6.07) is -0.768. The fraction of sp³-hybridized carbons (Fsp3) is 0.222. The predicted octanol–water partition coefficient (Wildman–Crippen LogP) is 0.116. The first-order valence-electron chi connectivity index (χ1n) is 4.19. The van der Waals surface area contributed by atoms with Gasteiger partial charge in [-0.05, 0) is 6.07 Å². The molecule has 0 amide bonds. The van der Waals surface area contributed by atoms with Gasteiger partial charge in [0.2, 0.25) is 0 Å². The summed E-state index contributed by atoms with van der Waals surface area (Å²) in [5.74, 6) is -4.93. The molecule has 88 valence electrons. The predicted molar refractivity (Wildman–Crippen MR) is 48.6 cm³/mol. The molecule has 1 aromatic carbocycles. The lowest BCUT2D eigenvalue weighted by molar-refractivity contribution is -0.141. The molecule has 1 aromatic rings. The van der Waals surface area contributed by atoms with Gasteiger partial charge in [-0.25, -0.2) is 8.78 Å². The standard InChI is InChI=1S/C9H9F2NO4/c10-3-1-4(7(13)5(11)2-3)8(14)6(12)9(15)16/h1-2,6,8,13-14H,12H2,(H,15,16). The molecule has 16 heavy (non-hydrogen) atoms. The third-order valence-electron chi connectivity index (χ3n) is 2.00. The average Bonchev–Trinajstić information content (AvgIpc) is 2.21. The minimum Gasteiger partial charge on any atom is -0.505 e. The Kier molecular flexibility index (Phi) is 3.41. The zero-order valence-electron chi connectivity index (χ0n) is 7.89. The highest BCUT2D eigenvalue weighted by Crippen LogP contribution is 2.29. The van der Waals surface area contributed by atoms with Gasteiger partial charge < -0.3 is 21.1 Å². The Bertz CT molecular complexity index is 424. The van der Waals surface area contributed by atoms with E-state index >= 15 is 0 Å². The molecule has 0 radical (unpaired) electrons. The van der Waals surface area contributed by atoms with Crippen molar-refractivity contribution in [2.24, 2.45) is 5.73 Å². The van der Waals surface area contributed by atoms with Crippen LogP contribution in [-0.4, -0.2) is 27.3 Å². The first kappa shape index (κ1) is 12.3. The summed E-state index contributed by atoms with van der Waals surface area (Å²) in [6.45, 7) is 0. The molecule has 5 nitrogen and oxygen atoms in total. The number of phenols is 1. The molecule has 0 aliphatic heterocycles. The molecule has 0 bridgehead atoms. The van der Waals surface area contributed by atoms with Crippen molar-refractivity contribution in [2.75, 3.05) is 0 Å². The Hall–Kier alpha value is -1.73. The lowest BCUT2D eigenvalue weighted by Gasteiger charge is -2.16. The van der Waals surface area contributed by atoms with Gasteiger partial charge >= 0.3 is 5.97 Å². The summed E-state index contributed by atoms with van der Waals surface area (Å²) in [5, 5.41) is 27.1. The van der Waals surface area contributed by atoms with E-state index in [-0.39, 0.29) is 0 Å². The van der Waals surface area contributed by atoms with Crippen LogP contribution in [0.3, 0.4) is 0 Å². The SMILES string of the molecule is NC(C(=O)O)C(O)c1cc(F)cc(F)c1O. The molecule has 2 unspecified atom stereocenters. The van der Waals surface area contributed by atoms with E-state index in [0.717, 1.165) is 0 Å². The first-order valence-corrected chi connectivity index (χ1v) is 4.19. The number of aliphatic carboxylic acids is 1. The maximum atomic E-state index is 12.9. The lowest BCUT2D eigenvalue weighted by atomic mass is 10.0. The normalized spacial score (nSPS) is 14.5. The second-order valence-electron chi connectivity index (χ2n) is 3.13. The van der Waals surface area contributed by atoms with E-state index in [4.69, 9.17) is 10.8 Å². The number of carbonyl (C=O) groups is 1. The van der Waals surface area contributed by atoms with Crippen molar-refractivity contribution < 1.29 is 28.9 Å². The van der Waals surface area contributed by atoms with Gasteiger partial charge in [0.15, 0.2) is 11.6 Å². The highest BCUT2D eigenvalue weighted by Gasteiger charge is 2.27. The maximum absolute atomic E-state index is 12.9. The van der Waals surface area contributed by atoms with Crippen molar-refractivity contribution in [1.29, 1.82) is 0 Å². The summed E-state index contributed by atoms with van der Waals surface area (Å²) in [7, 11) is 0. The highest BCUT2D eigenvalue weighted by molar-refractivity contribution is 5.74. The van der Waals surface area contributed by atoms with Crippen LogP contribution in [0, 0.1) is 11.6 Å². The molecule has 5 N–H and O–H groups in total. The number of nitrogens with two attached hydrogens (primary N) is 1. The fourth-order valence-corrected chi connectivity index (χ4v) is 1.14. The van der Waals surface area contributed by atoms with Crippen LogP contribution >= 0.6 is 0 Å². The van der Waals surface area contributed by atoms with Crippen LogP contribution in [0.2, 0.25) is 0 Å². The number of halogens is 2. The Morgan fingerprint density at radius 2 is 1.94 bits per heavy atom. The van der Waals surface area contributed by atoms with Crippen molar-refractivity contribution in [3.05, 3.63) is 29.3 Å². The maximum Gasteiger partial charge on any atom is 0.323 e. The van der Waals surface area contributed by atoms with Crippen LogP contribution in [0.15, 0.2) is 12.1 Å². The largest absolute Gasteiger partial charge is 0.505 e. The van der Waals surface area contributed by atoms with E-state index in [9.17, 15) is 23.8 Å². The van der Waals surface area contributed by atoms with Gasteiger partial charge in [0.05, 0.1) is 0 Å². The van der Waals surface area contributed by atoms with Crippen molar-refractivity contribution in [3.63, 3.8) is 0 Å². The zero-order valence-corrected chi connectivity index (χ0v) is 7.89. The van der Waals surface area contributed by atoms with Gasteiger partial charge in [-0.3, -0.25) is 4.79 Å². The topological polar surface area (TPSA) is 104 Å². The molecule has 0 saturated carbocycles. The molecule has 1 rings (SSSR count). The van der Waals surface area contributed by atoms with E-state index < -0.39 is 41.1 Å². The van der Waals surface area contributed by atoms with Crippen LogP contribution in [0.4, 0.5) is 8.78 Å². The van der Waals surface area contributed by atoms with E-state index in [1.807, 2.05) is 0 Å².